The van der Waals surface area contributed by atoms with Crippen LogP contribution in [0.2, 0.25) is 0 Å². The van der Waals surface area contributed by atoms with Crippen LogP contribution in [0.25, 0.3) is 0 Å². The number of alkyl halides is 3. The lowest BCUT2D eigenvalue weighted by Crippen LogP contribution is -2.16. The Labute approximate surface area is 75.4 Å². The van der Waals surface area contributed by atoms with Crippen LogP contribution >= 0.6 is 11.3 Å². The molecule has 1 rings (SSSR count). The maximum absolute atomic E-state index is 12.2. The van der Waals surface area contributed by atoms with Gasteiger partial charge in [0.25, 0.3) is 5.91 Å². The Kier molecular flexibility index (Phi) is 2.29. The third-order valence-electron chi connectivity index (χ3n) is 1.23. The molecular weight excluding hydrogens is 205 g/mol. The molecule has 0 bridgehead atoms. The van der Waals surface area contributed by atoms with Crippen LogP contribution in [-0.4, -0.2) is 10.9 Å². The fourth-order valence-electron chi connectivity index (χ4n) is 0.786. The molecule has 0 saturated heterocycles. The molecule has 1 amide bonds. The van der Waals surface area contributed by atoms with Crippen LogP contribution in [0.3, 0.4) is 0 Å². The quantitative estimate of drug-likeness (QED) is 0.764. The predicted octanol–water partition coefficient (Wildman–Crippen LogP) is 1.57. The third kappa shape index (κ3) is 1.97. The van der Waals surface area contributed by atoms with Crippen LogP contribution in [-0.2, 0) is 6.18 Å². The first-order valence-electron chi connectivity index (χ1n) is 3.17. The van der Waals surface area contributed by atoms with Crippen molar-refractivity contribution in [3.05, 3.63) is 15.6 Å². The standard InChI is InChI=1S/C6H5F3N2OS/c1-2-11-4(6(7,8)9)3(13-2)5(10)12/h1H3,(H2,10,12). The minimum absolute atomic E-state index is 0.168. The van der Waals surface area contributed by atoms with Gasteiger partial charge in [0.15, 0.2) is 5.69 Å². The van der Waals surface area contributed by atoms with Crippen molar-refractivity contribution in [1.82, 2.24) is 4.98 Å². The SMILES string of the molecule is Cc1nc(C(F)(F)F)c(C(N)=O)s1. The van der Waals surface area contributed by atoms with Gasteiger partial charge in [-0.05, 0) is 6.92 Å². The number of nitrogens with zero attached hydrogens (tertiary/aromatic N) is 1. The molecule has 0 aliphatic carbocycles. The molecule has 0 aliphatic heterocycles. The Morgan fingerprint density at radius 3 is 2.38 bits per heavy atom. The smallest absolute Gasteiger partial charge is 0.365 e. The van der Waals surface area contributed by atoms with Gasteiger partial charge in [0.05, 0.1) is 5.01 Å². The Morgan fingerprint density at radius 2 is 2.08 bits per heavy atom. The van der Waals surface area contributed by atoms with Gasteiger partial charge in [-0.3, -0.25) is 4.79 Å². The fraction of sp³-hybridized carbons (Fsp3) is 0.333. The van der Waals surface area contributed by atoms with Gasteiger partial charge in [-0.25, -0.2) is 4.98 Å². The summed E-state index contributed by atoms with van der Waals surface area (Å²) in [6.07, 6.45) is -4.62. The van der Waals surface area contributed by atoms with E-state index in [1.165, 1.54) is 6.92 Å². The summed E-state index contributed by atoms with van der Waals surface area (Å²) in [4.78, 5) is 13.2. The largest absolute Gasteiger partial charge is 0.435 e. The van der Waals surface area contributed by atoms with Gasteiger partial charge in [-0.1, -0.05) is 0 Å². The second-order valence-electron chi connectivity index (χ2n) is 2.27. The summed E-state index contributed by atoms with van der Waals surface area (Å²) in [5, 5.41) is 0.168. The molecule has 0 aromatic carbocycles. The lowest BCUT2D eigenvalue weighted by molar-refractivity contribution is -0.141. The number of primary amides is 1. The van der Waals surface area contributed by atoms with E-state index >= 15 is 0 Å². The van der Waals surface area contributed by atoms with E-state index in [0.29, 0.717) is 11.3 Å². The van der Waals surface area contributed by atoms with Crippen molar-refractivity contribution in [3.63, 3.8) is 0 Å². The van der Waals surface area contributed by atoms with Crippen molar-refractivity contribution in [2.45, 2.75) is 13.1 Å². The first kappa shape index (κ1) is 9.97. The molecule has 0 radical (unpaired) electrons. The second kappa shape index (κ2) is 2.99. The number of hydrogen-bond donors (Lipinski definition) is 1. The number of aryl methyl sites for hydroxylation is 1. The van der Waals surface area contributed by atoms with Crippen LogP contribution in [0.15, 0.2) is 0 Å². The van der Waals surface area contributed by atoms with Gasteiger partial charge in [-0.15, -0.1) is 11.3 Å². The molecule has 0 atom stereocenters. The van der Waals surface area contributed by atoms with E-state index in [1.54, 1.807) is 0 Å². The molecule has 0 saturated carbocycles. The third-order valence-corrected chi connectivity index (χ3v) is 2.21. The lowest BCUT2D eigenvalue weighted by atomic mass is 10.3. The fourth-order valence-corrected chi connectivity index (χ4v) is 1.58. The Hall–Kier alpha value is -1.11. The molecule has 0 spiro atoms. The van der Waals surface area contributed by atoms with Crippen molar-refractivity contribution >= 4 is 17.2 Å². The highest BCUT2D eigenvalue weighted by atomic mass is 32.1. The van der Waals surface area contributed by atoms with Crippen LogP contribution in [0.5, 0.6) is 0 Å². The van der Waals surface area contributed by atoms with Crippen LogP contribution in [0.1, 0.15) is 20.4 Å². The van der Waals surface area contributed by atoms with Gasteiger partial charge in [-0.2, -0.15) is 13.2 Å². The molecule has 72 valence electrons. The van der Waals surface area contributed by atoms with E-state index in [4.69, 9.17) is 5.73 Å². The van der Waals surface area contributed by atoms with Gasteiger partial charge >= 0.3 is 6.18 Å². The van der Waals surface area contributed by atoms with E-state index in [-0.39, 0.29) is 5.01 Å². The first-order valence-corrected chi connectivity index (χ1v) is 3.98. The highest BCUT2D eigenvalue weighted by Crippen LogP contribution is 2.33. The summed E-state index contributed by atoms with van der Waals surface area (Å²) in [6, 6.07) is 0. The van der Waals surface area contributed by atoms with Crippen molar-refractivity contribution < 1.29 is 18.0 Å². The molecular formula is C6H5F3N2OS. The zero-order valence-corrected chi connectivity index (χ0v) is 7.29. The normalized spacial score (nSPS) is 11.7. The first-order chi connectivity index (χ1) is 5.82. The minimum Gasteiger partial charge on any atom is -0.365 e. The van der Waals surface area contributed by atoms with E-state index in [1.807, 2.05) is 0 Å². The van der Waals surface area contributed by atoms with E-state index in [2.05, 4.69) is 4.98 Å². The average molecular weight is 210 g/mol. The molecule has 3 nitrogen and oxygen atoms in total. The predicted molar refractivity (Wildman–Crippen MR) is 40.4 cm³/mol. The van der Waals surface area contributed by atoms with Crippen molar-refractivity contribution in [2.24, 2.45) is 5.73 Å². The number of hydrogen-bond acceptors (Lipinski definition) is 3. The summed E-state index contributed by atoms with van der Waals surface area (Å²) < 4.78 is 36.5. The van der Waals surface area contributed by atoms with Crippen LogP contribution in [0, 0.1) is 6.92 Å². The Morgan fingerprint density at radius 1 is 1.54 bits per heavy atom. The molecule has 1 aromatic rings. The maximum Gasteiger partial charge on any atom is 0.435 e. The summed E-state index contributed by atoms with van der Waals surface area (Å²) >= 11 is 0.644. The highest BCUT2D eigenvalue weighted by Gasteiger charge is 2.38. The number of halogens is 3. The second-order valence-corrected chi connectivity index (χ2v) is 3.48. The number of rotatable bonds is 1. The number of nitrogens with two attached hydrogens (primary N) is 1. The van der Waals surface area contributed by atoms with E-state index < -0.39 is 22.7 Å². The minimum atomic E-state index is -4.62. The maximum atomic E-state index is 12.2. The van der Waals surface area contributed by atoms with Gasteiger partial charge in [0.1, 0.15) is 4.88 Å². The molecule has 1 aromatic heterocycles. The summed E-state index contributed by atoms with van der Waals surface area (Å²) in [7, 11) is 0. The van der Waals surface area contributed by atoms with Gasteiger partial charge < -0.3 is 5.73 Å². The summed E-state index contributed by atoms with van der Waals surface area (Å²) in [5.41, 5.74) is 3.56. The van der Waals surface area contributed by atoms with Gasteiger partial charge in [0, 0.05) is 0 Å². The molecule has 13 heavy (non-hydrogen) atoms. The number of thiazole rings is 1. The monoisotopic (exact) mass is 210 g/mol. The van der Waals surface area contributed by atoms with E-state index in [0.717, 1.165) is 0 Å². The molecule has 0 unspecified atom stereocenters. The summed E-state index contributed by atoms with van der Waals surface area (Å²) in [6.45, 7) is 1.38. The number of amides is 1. The summed E-state index contributed by atoms with van der Waals surface area (Å²) in [5.74, 6) is -1.10. The van der Waals surface area contributed by atoms with Gasteiger partial charge in [0.2, 0.25) is 0 Å². The zero-order chi connectivity index (χ0) is 10.2. The highest BCUT2D eigenvalue weighted by molar-refractivity contribution is 7.13. The number of carbonyl (C=O) groups excluding carboxylic acids is 1. The van der Waals surface area contributed by atoms with Crippen molar-refractivity contribution in [3.8, 4) is 0 Å². The number of aromatic nitrogens is 1. The Balaban J connectivity index is 3.28. The topological polar surface area (TPSA) is 56.0 Å². The van der Waals surface area contributed by atoms with Crippen LogP contribution < -0.4 is 5.73 Å². The lowest BCUT2D eigenvalue weighted by Gasteiger charge is -2.02. The molecule has 1 heterocycles. The molecule has 7 heteroatoms. The van der Waals surface area contributed by atoms with Crippen LogP contribution in [0.4, 0.5) is 13.2 Å². The molecule has 0 aliphatic rings. The number of carbonyl (C=O) groups is 1. The molecule has 2 N–H and O–H groups in total. The molecule has 0 fully saturated rings. The zero-order valence-electron chi connectivity index (χ0n) is 6.47. The van der Waals surface area contributed by atoms with Crippen molar-refractivity contribution in [2.75, 3.05) is 0 Å². The Bertz CT molecular complexity index is 344. The van der Waals surface area contributed by atoms with Crippen molar-refractivity contribution in [1.29, 1.82) is 0 Å². The average Bonchev–Trinajstić information content (AvgIpc) is 2.29. The van der Waals surface area contributed by atoms with E-state index in [9.17, 15) is 18.0 Å².